The quantitative estimate of drug-likeness (QED) is 0.889. The predicted octanol–water partition coefficient (Wildman–Crippen LogP) is 3.03. The Morgan fingerprint density at radius 1 is 1.17 bits per heavy atom. The highest BCUT2D eigenvalue weighted by Crippen LogP contribution is 2.25. The summed E-state index contributed by atoms with van der Waals surface area (Å²) in [5, 5.41) is 8.80. The van der Waals surface area contributed by atoms with Crippen molar-refractivity contribution in [3.63, 3.8) is 0 Å². The molecule has 0 radical (unpaired) electrons. The van der Waals surface area contributed by atoms with E-state index in [2.05, 4.69) is 4.98 Å². The number of carbonyl (C=O) groups is 1. The number of hydrogen-bond acceptors (Lipinski definition) is 2. The van der Waals surface area contributed by atoms with Crippen LogP contribution < -0.4 is 0 Å². The smallest absolute Gasteiger partial charge is 0.338 e. The summed E-state index contributed by atoms with van der Waals surface area (Å²) >= 11 is 0. The molecule has 0 aliphatic carbocycles. The molecule has 0 bridgehead atoms. The summed E-state index contributed by atoms with van der Waals surface area (Å²) in [5.41, 5.74) is 0.668. The molecule has 5 heteroatoms. The van der Waals surface area contributed by atoms with Crippen molar-refractivity contribution in [1.29, 1.82) is 0 Å². The number of hydrogen-bond donors (Lipinski definition) is 1. The summed E-state index contributed by atoms with van der Waals surface area (Å²) in [5.74, 6) is -3.34. The fourth-order valence-corrected chi connectivity index (χ4v) is 1.64. The monoisotopic (exact) mass is 249 g/mol. The number of carboxylic acids is 1. The lowest BCUT2D eigenvalue weighted by atomic mass is 10.0. The van der Waals surface area contributed by atoms with Crippen LogP contribution in [-0.2, 0) is 0 Å². The van der Waals surface area contributed by atoms with Gasteiger partial charge in [0.25, 0.3) is 0 Å². The van der Waals surface area contributed by atoms with Gasteiger partial charge in [-0.1, -0.05) is 0 Å². The zero-order valence-electron chi connectivity index (χ0n) is 9.45. The maximum absolute atomic E-state index is 13.7. The third-order valence-corrected chi connectivity index (χ3v) is 2.47. The number of carboxylic acid groups (broad SMARTS) is 1. The van der Waals surface area contributed by atoms with E-state index in [1.807, 2.05) is 0 Å². The summed E-state index contributed by atoms with van der Waals surface area (Å²) in [6.45, 7) is 1.77. The Labute approximate surface area is 102 Å². The van der Waals surface area contributed by atoms with Crippen LogP contribution in [0.3, 0.4) is 0 Å². The largest absolute Gasteiger partial charge is 0.478 e. The molecule has 0 saturated carbocycles. The van der Waals surface area contributed by atoms with Crippen LogP contribution in [0.1, 0.15) is 15.9 Å². The average Bonchev–Trinajstić information content (AvgIpc) is 2.28. The molecule has 3 nitrogen and oxygen atoms in total. The first-order chi connectivity index (χ1) is 8.49. The van der Waals surface area contributed by atoms with E-state index in [4.69, 9.17) is 5.11 Å². The SMILES string of the molecule is Cc1cncc(-c2cc(C(=O)O)c(F)cc2F)c1. The van der Waals surface area contributed by atoms with E-state index in [9.17, 15) is 13.6 Å². The molecule has 0 fully saturated rings. The minimum absolute atomic E-state index is 0.0185. The first-order valence-corrected chi connectivity index (χ1v) is 5.13. The van der Waals surface area contributed by atoms with E-state index in [1.165, 1.54) is 6.20 Å². The van der Waals surface area contributed by atoms with Gasteiger partial charge in [0.2, 0.25) is 0 Å². The van der Waals surface area contributed by atoms with Gasteiger partial charge in [-0.25, -0.2) is 13.6 Å². The molecule has 0 atom stereocenters. The minimum Gasteiger partial charge on any atom is -0.478 e. The van der Waals surface area contributed by atoms with E-state index in [0.29, 0.717) is 11.6 Å². The Morgan fingerprint density at radius 3 is 2.50 bits per heavy atom. The number of halogens is 2. The molecule has 0 aliphatic rings. The van der Waals surface area contributed by atoms with Crippen molar-refractivity contribution in [3.8, 4) is 11.1 Å². The van der Waals surface area contributed by atoms with Crippen molar-refractivity contribution in [1.82, 2.24) is 4.98 Å². The van der Waals surface area contributed by atoms with Gasteiger partial charge in [-0.3, -0.25) is 4.98 Å². The molecular formula is C13H9F2NO2. The van der Waals surface area contributed by atoms with Crippen molar-refractivity contribution in [3.05, 3.63) is 53.4 Å². The molecule has 1 aromatic carbocycles. The lowest BCUT2D eigenvalue weighted by molar-refractivity contribution is 0.0692. The van der Waals surface area contributed by atoms with Crippen molar-refractivity contribution in [2.45, 2.75) is 6.92 Å². The fraction of sp³-hybridized carbons (Fsp3) is 0.0769. The average molecular weight is 249 g/mol. The van der Waals surface area contributed by atoms with Crippen LogP contribution in [0, 0.1) is 18.6 Å². The number of aryl methyl sites for hydroxylation is 1. The zero-order valence-corrected chi connectivity index (χ0v) is 9.45. The first kappa shape index (κ1) is 12.2. The molecule has 2 rings (SSSR count). The van der Waals surface area contributed by atoms with E-state index in [-0.39, 0.29) is 5.56 Å². The van der Waals surface area contributed by atoms with Gasteiger partial charge in [-0.15, -0.1) is 0 Å². The lowest BCUT2D eigenvalue weighted by Gasteiger charge is -2.06. The summed E-state index contributed by atoms with van der Waals surface area (Å²) in [7, 11) is 0. The fourth-order valence-electron chi connectivity index (χ4n) is 1.64. The molecule has 92 valence electrons. The minimum atomic E-state index is -1.44. The second-order valence-electron chi connectivity index (χ2n) is 3.87. The molecular weight excluding hydrogens is 240 g/mol. The highest BCUT2D eigenvalue weighted by molar-refractivity contribution is 5.89. The molecule has 0 amide bonds. The van der Waals surface area contributed by atoms with E-state index < -0.39 is 23.2 Å². The van der Waals surface area contributed by atoms with Crippen LogP contribution in [0.4, 0.5) is 8.78 Å². The van der Waals surface area contributed by atoms with Crippen LogP contribution >= 0.6 is 0 Å². The van der Waals surface area contributed by atoms with E-state index in [0.717, 1.165) is 11.6 Å². The molecule has 1 aromatic heterocycles. The Balaban J connectivity index is 2.64. The van der Waals surface area contributed by atoms with Crippen LogP contribution in [0.5, 0.6) is 0 Å². The maximum Gasteiger partial charge on any atom is 0.338 e. The van der Waals surface area contributed by atoms with Gasteiger partial charge in [0.15, 0.2) is 0 Å². The molecule has 18 heavy (non-hydrogen) atoms. The standard InChI is InChI=1S/C13H9F2NO2/c1-7-2-8(6-16-5-7)9-3-10(13(17)18)12(15)4-11(9)14/h2-6H,1H3,(H,17,18). The van der Waals surface area contributed by atoms with Crippen molar-refractivity contribution in [2.24, 2.45) is 0 Å². The Kier molecular flexibility index (Phi) is 3.06. The maximum atomic E-state index is 13.7. The van der Waals surface area contributed by atoms with Gasteiger partial charge in [0.05, 0.1) is 5.56 Å². The van der Waals surface area contributed by atoms with Gasteiger partial charge < -0.3 is 5.11 Å². The summed E-state index contributed by atoms with van der Waals surface area (Å²) in [6.07, 6.45) is 2.98. The number of aromatic nitrogens is 1. The molecule has 1 heterocycles. The molecule has 0 saturated heterocycles. The van der Waals surface area contributed by atoms with Gasteiger partial charge >= 0.3 is 5.97 Å². The van der Waals surface area contributed by atoms with Crippen LogP contribution in [0.2, 0.25) is 0 Å². The molecule has 0 spiro atoms. The normalized spacial score (nSPS) is 10.4. The second-order valence-corrected chi connectivity index (χ2v) is 3.87. The molecule has 0 unspecified atom stereocenters. The van der Waals surface area contributed by atoms with Gasteiger partial charge in [-0.2, -0.15) is 0 Å². The Hall–Kier alpha value is -2.30. The zero-order chi connectivity index (χ0) is 13.3. The number of aromatic carboxylic acids is 1. The number of benzene rings is 1. The third-order valence-electron chi connectivity index (χ3n) is 2.47. The van der Waals surface area contributed by atoms with Crippen molar-refractivity contribution < 1.29 is 18.7 Å². The van der Waals surface area contributed by atoms with E-state index in [1.54, 1.807) is 19.2 Å². The van der Waals surface area contributed by atoms with Gasteiger partial charge in [-0.05, 0) is 24.6 Å². The highest BCUT2D eigenvalue weighted by Gasteiger charge is 2.16. The number of nitrogens with zero attached hydrogens (tertiary/aromatic N) is 1. The summed E-state index contributed by atoms with van der Waals surface area (Å²) in [4.78, 5) is 14.7. The van der Waals surface area contributed by atoms with Gasteiger partial charge in [0, 0.05) is 29.6 Å². The highest BCUT2D eigenvalue weighted by atomic mass is 19.1. The van der Waals surface area contributed by atoms with Crippen molar-refractivity contribution in [2.75, 3.05) is 0 Å². The first-order valence-electron chi connectivity index (χ1n) is 5.13. The Morgan fingerprint density at radius 2 is 1.89 bits per heavy atom. The van der Waals surface area contributed by atoms with E-state index >= 15 is 0 Å². The van der Waals surface area contributed by atoms with Crippen LogP contribution in [-0.4, -0.2) is 16.1 Å². The number of pyridine rings is 1. The van der Waals surface area contributed by atoms with Crippen LogP contribution in [0.25, 0.3) is 11.1 Å². The topological polar surface area (TPSA) is 50.2 Å². The number of rotatable bonds is 2. The Bertz CT molecular complexity index is 626. The molecule has 0 aliphatic heterocycles. The molecule has 1 N–H and O–H groups in total. The summed E-state index contributed by atoms with van der Waals surface area (Å²) < 4.78 is 26.9. The molecule has 2 aromatic rings. The lowest BCUT2D eigenvalue weighted by Crippen LogP contribution is -2.02. The van der Waals surface area contributed by atoms with Crippen molar-refractivity contribution >= 4 is 5.97 Å². The van der Waals surface area contributed by atoms with Crippen LogP contribution in [0.15, 0.2) is 30.6 Å². The van der Waals surface area contributed by atoms with Gasteiger partial charge in [0.1, 0.15) is 11.6 Å². The summed E-state index contributed by atoms with van der Waals surface area (Å²) in [6, 6.07) is 3.19. The third kappa shape index (κ3) is 2.20. The predicted molar refractivity (Wildman–Crippen MR) is 61.3 cm³/mol. The second kappa shape index (κ2) is 4.52.